The molecule has 0 spiro atoms. The number of nitrogens with one attached hydrogen (secondary N) is 1. The van der Waals surface area contributed by atoms with Crippen molar-refractivity contribution >= 4 is 24.2 Å². The normalized spacial score (nSPS) is 19.5. The molecule has 1 aromatic carbocycles. The first kappa shape index (κ1) is 22.7. The van der Waals surface area contributed by atoms with Gasteiger partial charge in [0.05, 0.1) is 12.6 Å². The molecule has 0 radical (unpaired) electrons. The lowest BCUT2D eigenvalue weighted by Crippen LogP contribution is -2.50. The molecule has 0 saturated carbocycles. The Balaban J connectivity index is 0.00000280. The Morgan fingerprint density at radius 3 is 2.39 bits per heavy atom. The van der Waals surface area contributed by atoms with Gasteiger partial charge in [-0.3, -0.25) is 9.59 Å². The zero-order valence-corrected chi connectivity index (χ0v) is 17.2. The zero-order chi connectivity index (χ0) is 19.1. The minimum atomic E-state index is -0.557. The van der Waals surface area contributed by atoms with Crippen molar-refractivity contribution in [1.82, 2.24) is 10.2 Å². The zero-order valence-electron chi connectivity index (χ0n) is 16.3. The van der Waals surface area contributed by atoms with E-state index in [1.165, 1.54) is 5.56 Å². The highest BCUT2D eigenvalue weighted by atomic mass is 35.5. The first-order valence-corrected chi connectivity index (χ1v) is 10.1. The van der Waals surface area contributed by atoms with Crippen LogP contribution in [0.5, 0.6) is 0 Å². The third-order valence-electron chi connectivity index (χ3n) is 5.82. The Morgan fingerprint density at radius 1 is 1.11 bits per heavy atom. The maximum Gasteiger partial charge on any atom is 0.241 e. The van der Waals surface area contributed by atoms with Crippen LogP contribution in [0.1, 0.15) is 31.2 Å². The number of piperidine rings is 1. The van der Waals surface area contributed by atoms with E-state index in [4.69, 9.17) is 10.5 Å². The van der Waals surface area contributed by atoms with Crippen molar-refractivity contribution in [3.8, 4) is 0 Å². The van der Waals surface area contributed by atoms with Crippen molar-refractivity contribution in [2.75, 3.05) is 32.8 Å². The van der Waals surface area contributed by atoms with Crippen LogP contribution in [0, 0.1) is 11.8 Å². The van der Waals surface area contributed by atoms with E-state index in [0.717, 1.165) is 45.2 Å². The Bertz CT molecular complexity index is 615. The summed E-state index contributed by atoms with van der Waals surface area (Å²) in [7, 11) is 0. The number of carbonyl (C=O) groups is 2. The van der Waals surface area contributed by atoms with Gasteiger partial charge in [-0.05, 0) is 49.5 Å². The summed E-state index contributed by atoms with van der Waals surface area (Å²) < 4.78 is 5.31. The summed E-state index contributed by atoms with van der Waals surface area (Å²) in [4.78, 5) is 26.5. The number of likely N-dealkylation sites (tertiary alicyclic amines) is 1. The van der Waals surface area contributed by atoms with Crippen LogP contribution >= 0.6 is 12.4 Å². The van der Waals surface area contributed by atoms with Gasteiger partial charge in [-0.1, -0.05) is 30.3 Å². The van der Waals surface area contributed by atoms with Crippen molar-refractivity contribution in [2.45, 2.75) is 38.1 Å². The minimum absolute atomic E-state index is 0. The van der Waals surface area contributed by atoms with E-state index in [9.17, 15) is 9.59 Å². The van der Waals surface area contributed by atoms with Crippen LogP contribution in [-0.2, 0) is 20.7 Å². The van der Waals surface area contributed by atoms with Gasteiger partial charge >= 0.3 is 0 Å². The standard InChI is InChI=1S/C21H31N3O3.ClH/c22-20(18-8-12-27-13-9-18)21(26)23-15-19(25)24-10-6-17(7-11-24)14-16-4-2-1-3-5-16;/h1-5,17-18,20H,6-15,22H2,(H,23,26);1H. The molecule has 1 atom stereocenters. The molecular weight excluding hydrogens is 378 g/mol. The van der Waals surface area contributed by atoms with E-state index < -0.39 is 6.04 Å². The molecule has 1 aromatic rings. The molecule has 0 aliphatic carbocycles. The van der Waals surface area contributed by atoms with Crippen molar-refractivity contribution in [3.63, 3.8) is 0 Å². The summed E-state index contributed by atoms with van der Waals surface area (Å²) in [5, 5.41) is 2.73. The van der Waals surface area contributed by atoms with E-state index in [1.54, 1.807) is 0 Å². The summed E-state index contributed by atoms with van der Waals surface area (Å²) in [5.74, 6) is 0.519. The Kier molecular flexibility index (Phi) is 9.22. The number of amides is 2. The summed E-state index contributed by atoms with van der Waals surface area (Å²) >= 11 is 0. The van der Waals surface area contributed by atoms with E-state index in [2.05, 4.69) is 29.6 Å². The molecule has 2 aliphatic rings. The SMILES string of the molecule is Cl.NC(C(=O)NCC(=O)N1CCC(Cc2ccccc2)CC1)C1CCOCC1. The van der Waals surface area contributed by atoms with Gasteiger partial charge < -0.3 is 20.7 Å². The fourth-order valence-corrected chi connectivity index (χ4v) is 4.02. The average Bonchev–Trinajstić information content (AvgIpc) is 2.73. The molecule has 6 nitrogen and oxygen atoms in total. The average molecular weight is 410 g/mol. The van der Waals surface area contributed by atoms with Crippen molar-refractivity contribution in [1.29, 1.82) is 0 Å². The molecule has 156 valence electrons. The molecule has 0 aromatic heterocycles. The fourth-order valence-electron chi connectivity index (χ4n) is 4.02. The maximum absolute atomic E-state index is 12.4. The third-order valence-corrected chi connectivity index (χ3v) is 5.82. The number of nitrogens with two attached hydrogens (primary N) is 1. The number of carbonyl (C=O) groups excluding carboxylic acids is 2. The van der Waals surface area contributed by atoms with Gasteiger partial charge in [-0.25, -0.2) is 0 Å². The molecule has 2 amide bonds. The van der Waals surface area contributed by atoms with Gasteiger partial charge in [-0.2, -0.15) is 0 Å². The second-order valence-corrected chi connectivity index (χ2v) is 7.71. The lowest BCUT2D eigenvalue weighted by atomic mass is 9.90. The number of nitrogens with zero attached hydrogens (tertiary/aromatic N) is 1. The summed E-state index contributed by atoms with van der Waals surface area (Å²) in [6.45, 7) is 2.88. The lowest BCUT2D eigenvalue weighted by molar-refractivity contribution is -0.134. The first-order valence-electron chi connectivity index (χ1n) is 10.1. The molecule has 28 heavy (non-hydrogen) atoms. The number of hydrogen-bond acceptors (Lipinski definition) is 4. The first-order chi connectivity index (χ1) is 13.1. The molecule has 2 aliphatic heterocycles. The predicted molar refractivity (Wildman–Crippen MR) is 111 cm³/mol. The molecular formula is C21H32ClN3O3. The lowest BCUT2D eigenvalue weighted by Gasteiger charge is -2.32. The number of rotatable bonds is 6. The van der Waals surface area contributed by atoms with Crippen molar-refractivity contribution in [2.24, 2.45) is 17.6 Å². The van der Waals surface area contributed by atoms with Crippen LogP contribution in [0.15, 0.2) is 30.3 Å². The number of ether oxygens (including phenoxy) is 1. The van der Waals surface area contributed by atoms with E-state index in [-0.39, 0.29) is 36.7 Å². The largest absolute Gasteiger partial charge is 0.381 e. The molecule has 2 heterocycles. The van der Waals surface area contributed by atoms with Gasteiger partial charge in [-0.15, -0.1) is 12.4 Å². The second kappa shape index (κ2) is 11.4. The Hall–Kier alpha value is -1.63. The predicted octanol–water partition coefficient (Wildman–Crippen LogP) is 1.76. The van der Waals surface area contributed by atoms with Crippen molar-refractivity contribution < 1.29 is 14.3 Å². The molecule has 3 N–H and O–H groups in total. The van der Waals surface area contributed by atoms with Crippen LogP contribution in [0.3, 0.4) is 0 Å². The van der Waals surface area contributed by atoms with E-state index in [1.807, 2.05) is 11.0 Å². The smallest absolute Gasteiger partial charge is 0.241 e. The van der Waals surface area contributed by atoms with Gasteiger partial charge in [0.25, 0.3) is 0 Å². The van der Waals surface area contributed by atoms with Crippen LogP contribution < -0.4 is 11.1 Å². The highest BCUT2D eigenvalue weighted by Gasteiger charge is 2.28. The van der Waals surface area contributed by atoms with Gasteiger partial charge in [0, 0.05) is 26.3 Å². The minimum Gasteiger partial charge on any atom is -0.381 e. The van der Waals surface area contributed by atoms with Crippen molar-refractivity contribution in [3.05, 3.63) is 35.9 Å². The molecule has 1 unspecified atom stereocenters. The highest BCUT2D eigenvalue weighted by Crippen LogP contribution is 2.22. The molecule has 7 heteroatoms. The third kappa shape index (κ3) is 6.47. The topological polar surface area (TPSA) is 84.7 Å². The van der Waals surface area contributed by atoms with Crippen LogP contribution in [0.2, 0.25) is 0 Å². The fraction of sp³-hybridized carbons (Fsp3) is 0.619. The number of halogens is 1. The number of benzene rings is 1. The monoisotopic (exact) mass is 409 g/mol. The molecule has 2 saturated heterocycles. The maximum atomic E-state index is 12.4. The molecule has 3 rings (SSSR count). The molecule has 2 fully saturated rings. The van der Waals surface area contributed by atoms with Gasteiger partial charge in [0.15, 0.2) is 0 Å². The van der Waals surface area contributed by atoms with Crippen LogP contribution in [-0.4, -0.2) is 55.6 Å². The van der Waals surface area contributed by atoms with Crippen LogP contribution in [0.25, 0.3) is 0 Å². The second-order valence-electron chi connectivity index (χ2n) is 7.71. The summed E-state index contributed by atoms with van der Waals surface area (Å²) in [5.41, 5.74) is 7.41. The van der Waals surface area contributed by atoms with E-state index >= 15 is 0 Å². The summed E-state index contributed by atoms with van der Waals surface area (Å²) in [6.07, 6.45) is 4.70. The van der Waals surface area contributed by atoms with Gasteiger partial charge in [0.2, 0.25) is 11.8 Å². The van der Waals surface area contributed by atoms with Gasteiger partial charge in [0.1, 0.15) is 0 Å². The Morgan fingerprint density at radius 2 is 1.75 bits per heavy atom. The Labute approximate surface area is 173 Å². The summed E-state index contributed by atoms with van der Waals surface area (Å²) in [6, 6.07) is 9.94. The van der Waals surface area contributed by atoms with Crippen LogP contribution in [0.4, 0.5) is 0 Å². The highest BCUT2D eigenvalue weighted by molar-refractivity contribution is 5.87. The molecule has 0 bridgehead atoms. The number of hydrogen-bond donors (Lipinski definition) is 2. The van der Waals surface area contributed by atoms with E-state index in [0.29, 0.717) is 19.1 Å². The quantitative estimate of drug-likeness (QED) is 0.749.